The molecule has 0 unspecified atom stereocenters. The molecule has 0 aliphatic heterocycles. The fourth-order valence-electron chi connectivity index (χ4n) is 0.301. The summed E-state index contributed by atoms with van der Waals surface area (Å²) >= 11 is 0. The van der Waals surface area contributed by atoms with E-state index in [4.69, 9.17) is 5.26 Å². The van der Waals surface area contributed by atoms with Gasteiger partial charge in [0.05, 0.1) is 0 Å². The minimum absolute atomic E-state index is 0.306. The molecule has 0 aliphatic rings. The van der Waals surface area contributed by atoms with E-state index in [-0.39, 0.29) is 0 Å². The highest BCUT2D eigenvalue weighted by Crippen LogP contribution is 1.93. The van der Waals surface area contributed by atoms with Gasteiger partial charge in [-0.2, -0.15) is 5.26 Å². The third kappa shape index (κ3) is 0.606. The topological polar surface area (TPSA) is 36.9 Å². The van der Waals surface area contributed by atoms with E-state index in [9.17, 15) is 0 Å². The summed E-state index contributed by atoms with van der Waals surface area (Å²) < 4.78 is 4.50. The Kier molecular flexibility index (Phi) is 0.833. The molecule has 0 aromatic carbocycles. The zero-order valence-corrected chi connectivity index (χ0v) is 3.51. The molecule has 0 amide bonds. The summed E-state index contributed by atoms with van der Waals surface area (Å²) in [7, 11) is 0. The molecule has 1 rings (SSSR count). The van der Waals surface area contributed by atoms with Crippen molar-refractivity contribution in [2.75, 3.05) is 0 Å². The molecule has 1 aromatic heterocycles. The molecular weight excluding hydrogens is 90.1 g/mol. The average molecular weight is 92.1 g/mol. The average Bonchev–Trinajstić information content (AvgIpc) is 2.14. The van der Waals surface area contributed by atoms with Crippen molar-refractivity contribution in [3.05, 3.63) is 24.2 Å². The fraction of sp³-hybridized carbons (Fsp3) is 0. The maximum Gasteiger partial charge on any atom is 0.204 e. The van der Waals surface area contributed by atoms with Gasteiger partial charge in [-0.25, -0.2) is 0 Å². The second kappa shape index (κ2) is 1.48. The molecule has 1 radical (unpaired) electrons. The Morgan fingerprint density at radius 2 is 2.71 bits per heavy atom. The van der Waals surface area contributed by atoms with Crippen LogP contribution < -0.4 is 0 Å². The van der Waals surface area contributed by atoms with Gasteiger partial charge < -0.3 is 4.42 Å². The van der Waals surface area contributed by atoms with Crippen molar-refractivity contribution in [1.29, 1.82) is 5.26 Å². The van der Waals surface area contributed by atoms with E-state index in [1.165, 1.54) is 0 Å². The minimum atomic E-state index is 0.306. The summed E-state index contributed by atoms with van der Waals surface area (Å²) in [5.74, 6) is 0.306. The maximum atomic E-state index is 8.06. The van der Waals surface area contributed by atoms with E-state index in [1.807, 2.05) is 6.07 Å². The lowest BCUT2D eigenvalue weighted by molar-refractivity contribution is 0.544. The summed E-state index contributed by atoms with van der Waals surface area (Å²) in [5.41, 5.74) is 0. The fourth-order valence-corrected chi connectivity index (χ4v) is 0.301. The van der Waals surface area contributed by atoms with Crippen molar-refractivity contribution in [2.24, 2.45) is 0 Å². The van der Waals surface area contributed by atoms with Crippen molar-refractivity contribution in [3.63, 3.8) is 0 Å². The van der Waals surface area contributed by atoms with Gasteiger partial charge in [-0.15, -0.1) is 0 Å². The van der Waals surface area contributed by atoms with Gasteiger partial charge in [0.1, 0.15) is 6.07 Å². The molecular formula is C5H2NO. The van der Waals surface area contributed by atoms with E-state index in [2.05, 4.69) is 10.7 Å². The number of nitriles is 1. The van der Waals surface area contributed by atoms with Gasteiger partial charge in [-0.1, -0.05) is 0 Å². The summed E-state index contributed by atoms with van der Waals surface area (Å²) in [4.78, 5) is 0. The van der Waals surface area contributed by atoms with Gasteiger partial charge in [0.25, 0.3) is 0 Å². The van der Waals surface area contributed by atoms with Crippen LogP contribution in [0, 0.1) is 17.6 Å². The lowest BCUT2D eigenvalue weighted by Crippen LogP contribution is -1.54. The molecule has 0 atom stereocenters. The van der Waals surface area contributed by atoms with Crippen LogP contribution >= 0.6 is 0 Å². The van der Waals surface area contributed by atoms with Crippen LogP contribution in [0.4, 0.5) is 0 Å². The summed E-state index contributed by atoms with van der Waals surface area (Å²) in [6, 6.07) is 4.92. The van der Waals surface area contributed by atoms with Crippen molar-refractivity contribution >= 4 is 0 Å². The Bertz CT molecular complexity index is 170. The van der Waals surface area contributed by atoms with Gasteiger partial charge in [-0.05, 0) is 12.1 Å². The molecule has 33 valence electrons. The Morgan fingerprint density at radius 1 is 1.86 bits per heavy atom. The third-order valence-corrected chi connectivity index (χ3v) is 0.582. The van der Waals surface area contributed by atoms with Crippen LogP contribution in [0.2, 0.25) is 0 Å². The number of nitrogens with zero attached hydrogens (tertiary/aromatic N) is 1. The first-order chi connectivity index (χ1) is 3.43. The Balaban J connectivity index is 3.04. The molecule has 1 aromatic rings. The standard InChI is InChI=1S/C5H2NO/c6-4-5-2-1-3-7-5/h1-2H. The van der Waals surface area contributed by atoms with E-state index in [0.29, 0.717) is 5.76 Å². The van der Waals surface area contributed by atoms with Crippen LogP contribution in [0.1, 0.15) is 5.76 Å². The molecule has 0 bridgehead atoms. The van der Waals surface area contributed by atoms with Gasteiger partial charge in [0.2, 0.25) is 5.76 Å². The highest BCUT2D eigenvalue weighted by atomic mass is 16.3. The lowest BCUT2D eigenvalue weighted by Gasteiger charge is -1.64. The molecule has 0 aliphatic carbocycles. The quantitative estimate of drug-likeness (QED) is 0.477. The molecule has 0 fully saturated rings. The monoisotopic (exact) mass is 92.0 g/mol. The van der Waals surface area contributed by atoms with Gasteiger partial charge >= 0.3 is 0 Å². The zero-order chi connectivity index (χ0) is 5.11. The van der Waals surface area contributed by atoms with E-state index in [1.54, 1.807) is 12.1 Å². The number of furan rings is 1. The van der Waals surface area contributed by atoms with Crippen LogP contribution in [0.25, 0.3) is 0 Å². The molecule has 7 heavy (non-hydrogen) atoms. The van der Waals surface area contributed by atoms with Crippen molar-refractivity contribution in [2.45, 2.75) is 0 Å². The summed E-state index contributed by atoms with van der Waals surface area (Å²) in [5, 5.41) is 8.06. The van der Waals surface area contributed by atoms with Crippen LogP contribution in [0.3, 0.4) is 0 Å². The van der Waals surface area contributed by atoms with Crippen molar-refractivity contribution in [1.82, 2.24) is 0 Å². The van der Waals surface area contributed by atoms with E-state index < -0.39 is 0 Å². The first kappa shape index (κ1) is 3.94. The Labute approximate surface area is 41.0 Å². The first-order valence-corrected chi connectivity index (χ1v) is 1.79. The molecule has 2 nitrogen and oxygen atoms in total. The number of hydrogen-bond donors (Lipinski definition) is 0. The lowest BCUT2D eigenvalue weighted by atomic mass is 10.5. The van der Waals surface area contributed by atoms with Crippen molar-refractivity contribution < 1.29 is 4.42 Å². The van der Waals surface area contributed by atoms with Crippen LogP contribution in [-0.2, 0) is 0 Å². The summed E-state index contributed by atoms with van der Waals surface area (Å²) in [6.07, 6.45) is 2.38. The Hall–Kier alpha value is -1.23. The number of hydrogen-bond acceptors (Lipinski definition) is 2. The van der Waals surface area contributed by atoms with E-state index in [0.717, 1.165) is 0 Å². The van der Waals surface area contributed by atoms with Gasteiger partial charge in [0, 0.05) is 0 Å². The van der Waals surface area contributed by atoms with Crippen LogP contribution in [0.5, 0.6) is 0 Å². The smallest absolute Gasteiger partial charge is 0.204 e. The third-order valence-electron chi connectivity index (χ3n) is 0.582. The molecule has 0 saturated heterocycles. The number of rotatable bonds is 0. The predicted molar refractivity (Wildman–Crippen MR) is 22.3 cm³/mol. The Morgan fingerprint density at radius 3 is 3.00 bits per heavy atom. The normalized spacial score (nSPS) is 7.86. The summed E-state index contributed by atoms with van der Waals surface area (Å²) in [6.45, 7) is 0. The second-order valence-electron chi connectivity index (χ2n) is 1.03. The largest absolute Gasteiger partial charge is 0.442 e. The first-order valence-electron chi connectivity index (χ1n) is 1.79. The second-order valence-corrected chi connectivity index (χ2v) is 1.03. The highest BCUT2D eigenvalue weighted by Gasteiger charge is 1.85. The molecule has 1 heterocycles. The van der Waals surface area contributed by atoms with Crippen molar-refractivity contribution in [3.8, 4) is 6.07 Å². The van der Waals surface area contributed by atoms with Gasteiger partial charge in [0.15, 0.2) is 6.26 Å². The molecule has 2 heteroatoms. The van der Waals surface area contributed by atoms with E-state index >= 15 is 0 Å². The highest BCUT2D eigenvalue weighted by molar-refractivity contribution is 5.14. The SMILES string of the molecule is N#Cc1cc[c]o1. The van der Waals surface area contributed by atoms with Gasteiger partial charge in [-0.3, -0.25) is 0 Å². The van der Waals surface area contributed by atoms with Crippen LogP contribution in [0.15, 0.2) is 16.5 Å². The molecule has 0 N–H and O–H groups in total. The minimum Gasteiger partial charge on any atom is -0.442 e. The zero-order valence-electron chi connectivity index (χ0n) is 3.51. The molecule has 0 spiro atoms. The molecule has 0 saturated carbocycles. The van der Waals surface area contributed by atoms with Crippen LogP contribution in [-0.4, -0.2) is 0 Å². The maximum absolute atomic E-state index is 8.06. The predicted octanol–water partition coefficient (Wildman–Crippen LogP) is 0.951.